The van der Waals surface area contributed by atoms with Crippen LogP contribution >= 0.6 is 23.1 Å². The summed E-state index contributed by atoms with van der Waals surface area (Å²) in [6.45, 7) is 1.89. The SMILES string of the molecule is Cc1ccc(-c2c(F)cc(C#Cc3ccc(SC#N)cc3)cc2F)s1. The monoisotopic (exact) mass is 367 g/mol. The lowest BCUT2D eigenvalue weighted by Gasteiger charge is -2.03. The van der Waals surface area contributed by atoms with Gasteiger partial charge in [-0.25, -0.2) is 8.78 Å². The Morgan fingerprint density at radius 2 is 1.56 bits per heavy atom. The number of thiocyanates is 1. The Balaban J connectivity index is 1.89. The molecule has 0 radical (unpaired) electrons. The number of hydrogen-bond acceptors (Lipinski definition) is 3. The van der Waals surface area contributed by atoms with Crippen molar-refractivity contribution >= 4 is 23.1 Å². The number of thioether (sulfide) groups is 1. The maximum atomic E-state index is 14.3. The van der Waals surface area contributed by atoms with Crippen molar-refractivity contribution in [3.8, 4) is 27.7 Å². The topological polar surface area (TPSA) is 23.8 Å². The van der Waals surface area contributed by atoms with Gasteiger partial charge in [0.2, 0.25) is 0 Å². The largest absolute Gasteiger partial charge is 0.206 e. The molecule has 5 heteroatoms. The molecule has 0 aliphatic heterocycles. The van der Waals surface area contributed by atoms with Gasteiger partial charge in [0.1, 0.15) is 17.0 Å². The van der Waals surface area contributed by atoms with E-state index in [4.69, 9.17) is 5.26 Å². The number of nitriles is 1. The van der Waals surface area contributed by atoms with Gasteiger partial charge in [0.05, 0.1) is 5.56 Å². The predicted octanol–water partition coefficient (Wildman–Crippen LogP) is 5.97. The lowest BCUT2D eigenvalue weighted by molar-refractivity contribution is 0.589. The van der Waals surface area contributed by atoms with Crippen LogP contribution in [0.25, 0.3) is 10.4 Å². The zero-order chi connectivity index (χ0) is 17.8. The zero-order valence-corrected chi connectivity index (χ0v) is 14.8. The molecule has 1 aromatic heterocycles. The van der Waals surface area contributed by atoms with Gasteiger partial charge >= 0.3 is 0 Å². The fourth-order valence-corrected chi connectivity index (χ4v) is 3.55. The van der Waals surface area contributed by atoms with E-state index in [2.05, 4.69) is 11.8 Å². The van der Waals surface area contributed by atoms with Crippen LogP contribution in [0.1, 0.15) is 16.0 Å². The lowest BCUT2D eigenvalue weighted by atomic mass is 10.1. The fraction of sp³-hybridized carbons (Fsp3) is 0.0500. The molecule has 0 amide bonds. The fourth-order valence-electron chi connectivity index (χ4n) is 2.25. The first-order valence-electron chi connectivity index (χ1n) is 7.30. The van der Waals surface area contributed by atoms with E-state index in [-0.39, 0.29) is 11.1 Å². The Kier molecular flexibility index (Phi) is 5.19. The van der Waals surface area contributed by atoms with Crippen LogP contribution in [0, 0.1) is 41.1 Å². The van der Waals surface area contributed by atoms with Crippen LogP contribution in [-0.4, -0.2) is 0 Å². The molecular weight excluding hydrogens is 356 g/mol. The van der Waals surface area contributed by atoms with Crippen molar-refractivity contribution in [3.05, 3.63) is 76.2 Å². The van der Waals surface area contributed by atoms with Crippen molar-refractivity contribution in [2.24, 2.45) is 0 Å². The average Bonchev–Trinajstić information content (AvgIpc) is 3.00. The molecule has 0 spiro atoms. The Morgan fingerprint density at radius 3 is 2.12 bits per heavy atom. The van der Waals surface area contributed by atoms with E-state index in [1.54, 1.807) is 30.3 Å². The minimum absolute atomic E-state index is 0.0125. The summed E-state index contributed by atoms with van der Waals surface area (Å²) in [4.78, 5) is 2.38. The third-order valence-electron chi connectivity index (χ3n) is 3.40. The molecule has 1 nitrogen and oxygen atoms in total. The van der Waals surface area contributed by atoms with Gasteiger partial charge in [0.15, 0.2) is 0 Å². The highest BCUT2D eigenvalue weighted by Crippen LogP contribution is 2.32. The maximum Gasteiger partial charge on any atom is 0.138 e. The molecular formula is C20H11F2NS2. The van der Waals surface area contributed by atoms with Crippen LogP contribution in [0.3, 0.4) is 0 Å². The quantitative estimate of drug-likeness (QED) is 0.316. The average molecular weight is 367 g/mol. The van der Waals surface area contributed by atoms with Crippen LogP contribution in [0.5, 0.6) is 0 Å². The Hall–Kier alpha value is -2.60. The summed E-state index contributed by atoms with van der Waals surface area (Å²) in [6, 6.07) is 13.1. The normalized spacial score (nSPS) is 10.0. The van der Waals surface area contributed by atoms with Gasteiger partial charge in [-0.1, -0.05) is 11.8 Å². The first-order chi connectivity index (χ1) is 12.1. The molecule has 0 saturated carbocycles. The van der Waals surface area contributed by atoms with Crippen molar-refractivity contribution in [1.29, 1.82) is 5.26 Å². The van der Waals surface area contributed by atoms with Gasteiger partial charge in [-0.05, 0) is 67.2 Å². The molecule has 0 N–H and O–H groups in total. The summed E-state index contributed by atoms with van der Waals surface area (Å²) in [6.07, 6.45) is 0. The van der Waals surface area contributed by atoms with Gasteiger partial charge in [0, 0.05) is 25.8 Å². The second-order valence-corrected chi connectivity index (χ2v) is 7.34. The summed E-state index contributed by atoms with van der Waals surface area (Å²) in [5.74, 6) is 4.42. The van der Waals surface area contributed by atoms with Crippen molar-refractivity contribution < 1.29 is 8.78 Å². The highest BCUT2D eigenvalue weighted by atomic mass is 32.2. The smallest absolute Gasteiger partial charge is 0.138 e. The summed E-state index contributed by atoms with van der Waals surface area (Å²) < 4.78 is 28.7. The minimum atomic E-state index is -0.619. The third kappa shape index (κ3) is 4.09. The van der Waals surface area contributed by atoms with Gasteiger partial charge in [-0.3, -0.25) is 0 Å². The summed E-state index contributed by atoms with van der Waals surface area (Å²) in [5.41, 5.74) is 0.977. The van der Waals surface area contributed by atoms with E-state index in [0.717, 1.165) is 21.5 Å². The molecule has 0 atom stereocenters. The van der Waals surface area contributed by atoms with Gasteiger partial charge in [-0.2, -0.15) is 5.26 Å². The van der Waals surface area contributed by atoms with Crippen molar-refractivity contribution in [2.75, 3.05) is 0 Å². The Bertz CT molecular complexity index is 995. The molecule has 0 saturated heterocycles. The molecule has 25 heavy (non-hydrogen) atoms. The van der Waals surface area contributed by atoms with Crippen molar-refractivity contribution in [1.82, 2.24) is 0 Å². The van der Waals surface area contributed by atoms with Crippen LogP contribution < -0.4 is 0 Å². The Labute approximate surface area is 152 Å². The van der Waals surface area contributed by atoms with E-state index in [1.165, 1.54) is 23.5 Å². The molecule has 3 aromatic rings. The van der Waals surface area contributed by atoms with E-state index in [9.17, 15) is 8.78 Å². The number of thiophene rings is 1. The summed E-state index contributed by atoms with van der Waals surface area (Å²) >= 11 is 2.41. The second kappa shape index (κ2) is 7.53. The Morgan fingerprint density at radius 1 is 0.920 bits per heavy atom. The highest BCUT2D eigenvalue weighted by Gasteiger charge is 2.14. The molecule has 1 heterocycles. The van der Waals surface area contributed by atoms with Crippen LogP contribution in [-0.2, 0) is 0 Å². The molecule has 0 bridgehead atoms. The molecule has 2 aromatic carbocycles. The number of aryl methyl sites for hydroxylation is 1. The third-order valence-corrected chi connectivity index (χ3v) is 5.02. The number of halogens is 2. The molecule has 0 fully saturated rings. The molecule has 122 valence electrons. The molecule has 3 rings (SSSR count). The van der Waals surface area contributed by atoms with E-state index >= 15 is 0 Å². The van der Waals surface area contributed by atoms with Crippen LogP contribution in [0.4, 0.5) is 8.78 Å². The number of nitrogens with zero attached hydrogens (tertiary/aromatic N) is 1. The van der Waals surface area contributed by atoms with Gasteiger partial charge in [-0.15, -0.1) is 11.3 Å². The number of hydrogen-bond donors (Lipinski definition) is 0. The van der Waals surface area contributed by atoms with Crippen molar-refractivity contribution in [2.45, 2.75) is 11.8 Å². The first-order valence-corrected chi connectivity index (χ1v) is 8.94. The standard InChI is InChI=1S/C20H11F2NS2/c1-13-2-9-19(25-13)20-17(21)10-15(11-18(20)22)4-3-14-5-7-16(8-6-14)24-12-23/h2,5-11H,1H3. The summed E-state index contributed by atoms with van der Waals surface area (Å²) in [7, 11) is 0. The van der Waals surface area contributed by atoms with E-state index in [1.807, 2.05) is 18.4 Å². The lowest BCUT2D eigenvalue weighted by Crippen LogP contribution is -1.90. The molecule has 0 aliphatic rings. The van der Waals surface area contributed by atoms with E-state index in [0.29, 0.717) is 10.4 Å². The second-order valence-electron chi connectivity index (χ2n) is 5.19. The first kappa shape index (κ1) is 17.2. The van der Waals surface area contributed by atoms with Gasteiger partial charge < -0.3 is 0 Å². The molecule has 0 unspecified atom stereocenters. The number of rotatable bonds is 2. The summed E-state index contributed by atoms with van der Waals surface area (Å²) in [5, 5.41) is 10.6. The minimum Gasteiger partial charge on any atom is -0.206 e. The molecule has 0 aliphatic carbocycles. The maximum absolute atomic E-state index is 14.3. The van der Waals surface area contributed by atoms with Crippen molar-refractivity contribution in [3.63, 3.8) is 0 Å². The van der Waals surface area contributed by atoms with Gasteiger partial charge in [0.25, 0.3) is 0 Å². The van der Waals surface area contributed by atoms with E-state index < -0.39 is 11.6 Å². The van der Waals surface area contributed by atoms with Crippen LogP contribution in [0.15, 0.2) is 53.4 Å². The predicted molar refractivity (Wildman–Crippen MR) is 98.3 cm³/mol. The zero-order valence-electron chi connectivity index (χ0n) is 13.1. The highest BCUT2D eigenvalue weighted by molar-refractivity contribution is 8.03. The van der Waals surface area contributed by atoms with Crippen LogP contribution in [0.2, 0.25) is 0 Å². The number of benzene rings is 2.